The molecule has 0 fully saturated rings. The Balaban J connectivity index is 2.42. The monoisotopic (exact) mass is 259 g/mol. The van der Waals surface area contributed by atoms with Gasteiger partial charge >= 0.3 is 5.97 Å². The Morgan fingerprint density at radius 1 is 1.53 bits per heavy atom. The number of nitrogens with zero attached hydrogens (tertiary/aromatic N) is 1. The number of halogens is 2. The number of benzene rings is 1. The highest BCUT2D eigenvalue weighted by Gasteiger charge is 2.05. The maximum absolute atomic E-state index is 13.2. The number of carbonyl (C=O) groups is 1. The number of carboxylic acids is 1. The first-order valence-corrected chi connectivity index (χ1v) is 5.71. The van der Waals surface area contributed by atoms with E-state index in [1.807, 2.05) is 11.9 Å². The van der Waals surface area contributed by atoms with E-state index in [1.165, 1.54) is 12.1 Å². The molecule has 5 heteroatoms. The molecular formula is C12H15ClFNO2. The Morgan fingerprint density at radius 2 is 2.24 bits per heavy atom. The molecule has 0 aromatic heterocycles. The van der Waals surface area contributed by atoms with Crippen LogP contribution in [0.15, 0.2) is 18.2 Å². The number of hydrogen-bond acceptors (Lipinski definition) is 2. The summed E-state index contributed by atoms with van der Waals surface area (Å²) in [6.45, 7) is 1.24. The summed E-state index contributed by atoms with van der Waals surface area (Å²) in [5.74, 6) is -1.22. The molecule has 1 rings (SSSR count). The van der Waals surface area contributed by atoms with E-state index in [0.29, 0.717) is 19.5 Å². The fraction of sp³-hybridized carbons (Fsp3) is 0.417. The highest BCUT2D eigenvalue weighted by molar-refractivity contribution is 6.30. The maximum Gasteiger partial charge on any atom is 0.303 e. The predicted molar refractivity (Wildman–Crippen MR) is 64.6 cm³/mol. The molecule has 0 saturated carbocycles. The molecule has 0 radical (unpaired) electrons. The summed E-state index contributed by atoms with van der Waals surface area (Å²) in [6, 6.07) is 4.69. The van der Waals surface area contributed by atoms with Crippen LogP contribution in [0.25, 0.3) is 0 Å². The highest BCUT2D eigenvalue weighted by atomic mass is 35.5. The third-order valence-electron chi connectivity index (χ3n) is 2.37. The summed E-state index contributed by atoms with van der Waals surface area (Å²) in [5, 5.41) is 8.61. The predicted octanol–water partition coefficient (Wildman–Crippen LogP) is 2.78. The van der Waals surface area contributed by atoms with E-state index in [2.05, 4.69) is 0 Å². The molecule has 0 saturated heterocycles. The van der Waals surface area contributed by atoms with Gasteiger partial charge in [0.15, 0.2) is 0 Å². The highest BCUT2D eigenvalue weighted by Crippen LogP contribution is 2.16. The van der Waals surface area contributed by atoms with Gasteiger partial charge in [0.2, 0.25) is 0 Å². The van der Waals surface area contributed by atoms with Crippen molar-refractivity contribution < 1.29 is 14.3 Å². The van der Waals surface area contributed by atoms with Crippen LogP contribution >= 0.6 is 11.6 Å². The minimum atomic E-state index is -0.795. The molecule has 3 nitrogen and oxygen atoms in total. The molecule has 0 atom stereocenters. The Labute approximate surface area is 105 Å². The van der Waals surface area contributed by atoms with Crippen molar-refractivity contribution in [3.63, 3.8) is 0 Å². The Kier molecular flexibility index (Phi) is 5.38. The Morgan fingerprint density at radius 3 is 2.82 bits per heavy atom. The summed E-state index contributed by atoms with van der Waals surface area (Å²) in [4.78, 5) is 12.3. The normalized spacial score (nSPS) is 10.8. The van der Waals surface area contributed by atoms with E-state index in [4.69, 9.17) is 16.7 Å². The zero-order valence-electron chi connectivity index (χ0n) is 9.62. The Hall–Kier alpha value is -1.13. The van der Waals surface area contributed by atoms with Gasteiger partial charge in [-0.1, -0.05) is 17.7 Å². The van der Waals surface area contributed by atoms with Crippen molar-refractivity contribution in [2.24, 2.45) is 0 Å². The van der Waals surface area contributed by atoms with E-state index in [1.54, 1.807) is 6.07 Å². The first-order chi connectivity index (χ1) is 7.99. The average Bonchev–Trinajstić information content (AvgIpc) is 2.23. The summed E-state index contributed by atoms with van der Waals surface area (Å²) in [5.41, 5.74) is 0.824. The van der Waals surface area contributed by atoms with Gasteiger partial charge in [-0.15, -0.1) is 0 Å². The number of rotatable bonds is 6. The van der Waals surface area contributed by atoms with Crippen LogP contribution in [-0.2, 0) is 11.3 Å². The van der Waals surface area contributed by atoms with E-state index in [9.17, 15) is 9.18 Å². The molecule has 0 amide bonds. The standard InChI is InChI=1S/C12H15ClFNO2/c1-15(6-2-3-12(16)17)8-9-4-5-10(13)11(14)7-9/h4-5,7H,2-3,6,8H2,1H3,(H,16,17). The molecular weight excluding hydrogens is 245 g/mol. The molecule has 94 valence electrons. The average molecular weight is 260 g/mol. The molecule has 0 spiro atoms. The number of hydrogen-bond donors (Lipinski definition) is 1. The van der Waals surface area contributed by atoms with Gasteiger partial charge < -0.3 is 10.0 Å². The van der Waals surface area contributed by atoms with Crippen molar-refractivity contribution in [2.45, 2.75) is 19.4 Å². The number of carboxylic acid groups (broad SMARTS) is 1. The summed E-state index contributed by atoms with van der Waals surface area (Å²) < 4.78 is 13.2. The van der Waals surface area contributed by atoms with Gasteiger partial charge in [0.1, 0.15) is 5.82 Å². The maximum atomic E-state index is 13.2. The van der Waals surface area contributed by atoms with Gasteiger partial charge in [-0.25, -0.2) is 4.39 Å². The molecule has 0 aliphatic rings. The van der Waals surface area contributed by atoms with Crippen LogP contribution in [0.1, 0.15) is 18.4 Å². The van der Waals surface area contributed by atoms with Gasteiger partial charge in [-0.05, 0) is 37.7 Å². The third kappa shape index (κ3) is 5.15. The van der Waals surface area contributed by atoms with Crippen LogP contribution in [0, 0.1) is 5.82 Å². The second-order valence-electron chi connectivity index (χ2n) is 3.98. The lowest BCUT2D eigenvalue weighted by Gasteiger charge is -2.16. The van der Waals surface area contributed by atoms with Crippen LogP contribution in [0.3, 0.4) is 0 Å². The van der Waals surface area contributed by atoms with E-state index < -0.39 is 11.8 Å². The molecule has 0 heterocycles. The van der Waals surface area contributed by atoms with Crippen LogP contribution in [0.2, 0.25) is 5.02 Å². The van der Waals surface area contributed by atoms with Gasteiger partial charge in [0.25, 0.3) is 0 Å². The SMILES string of the molecule is CN(CCCC(=O)O)Cc1ccc(Cl)c(F)c1. The smallest absolute Gasteiger partial charge is 0.303 e. The van der Waals surface area contributed by atoms with E-state index >= 15 is 0 Å². The van der Waals surface area contributed by atoms with Gasteiger partial charge in [-0.3, -0.25) is 4.79 Å². The van der Waals surface area contributed by atoms with Crippen LogP contribution < -0.4 is 0 Å². The molecule has 0 aliphatic heterocycles. The van der Waals surface area contributed by atoms with Gasteiger partial charge in [0, 0.05) is 13.0 Å². The van der Waals surface area contributed by atoms with Crippen LogP contribution in [0.5, 0.6) is 0 Å². The summed E-state index contributed by atoms with van der Waals surface area (Å²) in [7, 11) is 1.87. The lowest BCUT2D eigenvalue weighted by molar-refractivity contribution is -0.137. The summed E-state index contributed by atoms with van der Waals surface area (Å²) in [6.07, 6.45) is 0.737. The molecule has 1 N–H and O–H groups in total. The van der Waals surface area contributed by atoms with Crippen molar-refractivity contribution in [1.82, 2.24) is 4.90 Å². The first-order valence-electron chi connectivity index (χ1n) is 5.33. The van der Waals surface area contributed by atoms with Gasteiger partial charge in [-0.2, -0.15) is 0 Å². The lowest BCUT2D eigenvalue weighted by atomic mass is 10.2. The van der Waals surface area contributed by atoms with Crippen LogP contribution in [0.4, 0.5) is 4.39 Å². The largest absolute Gasteiger partial charge is 0.481 e. The van der Waals surface area contributed by atoms with Crippen molar-refractivity contribution in [2.75, 3.05) is 13.6 Å². The van der Waals surface area contributed by atoms with Crippen molar-refractivity contribution >= 4 is 17.6 Å². The Bertz CT molecular complexity index is 398. The molecule has 17 heavy (non-hydrogen) atoms. The number of aliphatic carboxylic acids is 1. The lowest BCUT2D eigenvalue weighted by Crippen LogP contribution is -2.19. The molecule has 0 unspecified atom stereocenters. The third-order valence-corrected chi connectivity index (χ3v) is 2.67. The zero-order valence-corrected chi connectivity index (χ0v) is 10.4. The fourth-order valence-corrected chi connectivity index (χ4v) is 1.65. The fourth-order valence-electron chi connectivity index (χ4n) is 1.53. The van der Waals surface area contributed by atoms with E-state index in [0.717, 1.165) is 5.56 Å². The second-order valence-corrected chi connectivity index (χ2v) is 4.39. The van der Waals surface area contributed by atoms with Crippen LogP contribution in [-0.4, -0.2) is 29.6 Å². The summed E-state index contributed by atoms with van der Waals surface area (Å²) >= 11 is 5.58. The molecule has 1 aromatic carbocycles. The van der Waals surface area contributed by atoms with Crippen molar-refractivity contribution in [3.05, 3.63) is 34.6 Å². The molecule has 0 bridgehead atoms. The second kappa shape index (κ2) is 6.57. The van der Waals surface area contributed by atoms with Gasteiger partial charge in [0.05, 0.1) is 5.02 Å². The van der Waals surface area contributed by atoms with Crippen molar-refractivity contribution in [3.8, 4) is 0 Å². The quantitative estimate of drug-likeness (QED) is 0.854. The first kappa shape index (κ1) is 13.9. The minimum absolute atomic E-state index is 0.113. The minimum Gasteiger partial charge on any atom is -0.481 e. The molecule has 0 aliphatic carbocycles. The topological polar surface area (TPSA) is 40.5 Å². The van der Waals surface area contributed by atoms with Crippen molar-refractivity contribution in [1.29, 1.82) is 0 Å². The zero-order chi connectivity index (χ0) is 12.8. The van der Waals surface area contributed by atoms with E-state index in [-0.39, 0.29) is 11.4 Å². The molecule has 1 aromatic rings.